The van der Waals surface area contributed by atoms with Crippen LogP contribution in [0.4, 0.5) is 10.1 Å². The Balaban J connectivity index is -0.000000229. The molecular formula is C15H26FN3O. The van der Waals surface area contributed by atoms with E-state index in [-0.39, 0.29) is 11.5 Å². The van der Waals surface area contributed by atoms with Gasteiger partial charge >= 0.3 is 0 Å². The monoisotopic (exact) mass is 283 g/mol. The Morgan fingerprint density at radius 2 is 1.70 bits per heavy atom. The number of aldehydes is 1. The van der Waals surface area contributed by atoms with Crippen LogP contribution in [-0.2, 0) is 4.79 Å². The van der Waals surface area contributed by atoms with Crippen molar-refractivity contribution in [3.8, 4) is 0 Å². The van der Waals surface area contributed by atoms with Gasteiger partial charge in [0, 0.05) is 7.05 Å². The third-order valence-electron chi connectivity index (χ3n) is 1.49. The van der Waals surface area contributed by atoms with Crippen molar-refractivity contribution in [3.63, 3.8) is 0 Å². The first-order valence-electron chi connectivity index (χ1n) is 6.24. The molecular weight excluding hydrogens is 257 g/mol. The highest BCUT2D eigenvalue weighted by Gasteiger charge is 1.93. The van der Waals surface area contributed by atoms with Gasteiger partial charge in [0.2, 0.25) is 0 Å². The number of carbonyl (C=O) groups is 1. The molecule has 5 heteroatoms. The number of para-hydroxylation sites is 1. The Morgan fingerprint density at radius 3 is 1.90 bits per heavy atom. The predicted molar refractivity (Wildman–Crippen MR) is 86.3 cm³/mol. The van der Waals surface area contributed by atoms with E-state index in [4.69, 9.17) is 5.41 Å². The normalized spacial score (nSPS) is 7.30. The molecule has 0 amide bonds. The molecule has 0 bridgehead atoms. The molecule has 0 aromatic heterocycles. The lowest BCUT2D eigenvalue weighted by molar-refractivity contribution is -0.102. The van der Waals surface area contributed by atoms with E-state index in [1.807, 2.05) is 27.9 Å². The summed E-state index contributed by atoms with van der Waals surface area (Å²) in [6, 6.07) is 6.56. The fourth-order valence-electron chi connectivity index (χ4n) is 0.712. The maximum Gasteiger partial charge on any atom is 0.167 e. The first-order chi connectivity index (χ1) is 9.56. The Kier molecular flexibility index (Phi) is 22.3. The average Bonchev–Trinajstić information content (AvgIpc) is 2.50. The number of anilines is 1. The molecule has 0 heterocycles. The molecule has 1 aromatic carbocycles. The van der Waals surface area contributed by atoms with Gasteiger partial charge in [-0.15, -0.1) is 0 Å². The zero-order valence-corrected chi connectivity index (χ0v) is 13.0. The van der Waals surface area contributed by atoms with Gasteiger partial charge in [-0.1, -0.05) is 32.6 Å². The van der Waals surface area contributed by atoms with Gasteiger partial charge in [-0.2, -0.15) is 0 Å². The summed E-state index contributed by atoms with van der Waals surface area (Å²) in [5, 5.41) is 12.0. The lowest BCUT2D eigenvalue weighted by Gasteiger charge is -1.97. The molecule has 0 spiro atoms. The molecule has 1 aromatic rings. The number of hydrogen-bond acceptors (Lipinski definition) is 4. The Labute approximate surface area is 121 Å². The van der Waals surface area contributed by atoms with E-state index in [1.54, 1.807) is 25.2 Å². The molecule has 0 aliphatic carbocycles. The Hall–Kier alpha value is -2.01. The van der Waals surface area contributed by atoms with Gasteiger partial charge in [-0.3, -0.25) is 10.2 Å². The van der Waals surface area contributed by atoms with Crippen LogP contribution in [0.5, 0.6) is 0 Å². The summed E-state index contributed by atoms with van der Waals surface area (Å²) in [7, 11) is 5.44. The van der Waals surface area contributed by atoms with Crippen LogP contribution in [0.25, 0.3) is 0 Å². The lowest BCUT2D eigenvalue weighted by atomic mass is 10.3. The highest BCUT2D eigenvalue weighted by atomic mass is 19.1. The minimum Gasteiger partial charge on any atom is -0.386 e. The van der Waals surface area contributed by atoms with Crippen LogP contribution in [0.15, 0.2) is 36.9 Å². The maximum absolute atomic E-state index is 12.5. The van der Waals surface area contributed by atoms with E-state index in [0.717, 1.165) is 0 Å². The zero-order valence-electron chi connectivity index (χ0n) is 13.0. The number of benzene rings is 1. The fraction of sp³-hybridized carbons (Fsp3) is 0.333. The smallest absolute Gasteiger partial charge is 0.167 e. The third-order valence-corrected chi connectivity index (χ3v) is 1.49. The third kappa shape index (κ3) is 16.0. The predicted octanol–water partition coefficient (Wildman–Crippen LogP) is 3.12. The molecule has 114 valence electrons. The van der Waals surface area contributed by atoms with Gasteiger partial charge in [-0.05, 0) is 32.3 Å². The van der Waals surface area contributed by atoms with Gasteiger partial charge in [0.05, 0.1) is 11.4 Å². The molecule has 0 aliphatic heterocycles. The van der Waals surface area contributed by atoms with E-state index < -0.39 is 0 Å². The van der Waals surface area contributed by atoms with E-state index in [0.29, 0.717) is 12.0 Å². The van der Waals surface area contributed by atoms with Gasteiger partial charge < -0.3 is 10.6 Å². The highest BCUT2D eigenvalue weighted by molar-refractivity contribution is 6.31. The van der Waals surface area contributed by atoms with Crippen molar-refractivity contribution in [1.82, 2.24) is 5.32 Å². The molecule has 0 fully saturated rings. The number of carbonyl (C=O) groups excluding carboxylic acids is 1. The molecule has 0 saturated carbocycles. The lowest BCUT2D eigenvalue weighted by Crippen LogP contribution is -1.90. The van der Waals surface area contributed by atoms with Crippen molar-refractivity contribution in [1.29, 1.82) is 5.41 Å². The summed E-state index contributed by atoms with van der Waals surface area (Å²) >= 11 is 0. The summed E-state index contributed by atoms with van der Waals surface area (Å²) in [6.07, 6.45) is 1.62. The SMILES string of the molecule is C=CC(=N)C=O.CC.CNC.CNc1ccccc1F. The first kappa shape index (κ1) is 23.1. The number of hydrogen-bond donors (Lipinski definition) is 3. The van der Waals surface area contributed by atoms with Crippen LogP contribution in [0.3, 0.4) is 0 Å². The van der Waals surface area contributed by atoms with Crippen molar-refractivity contribution in [3.05, 3.63) is 42.7 Å². The van der Waals surface area contributed by atoms with Crippen molar-refractivity contribution in [2.75, 3.05) is 26.5 Å². The number of halogens is 1. The van der Waals surface area contributed by atoms with Crippen LogP contribution in [0, 0.1) is 11.2 Å². The summed E-state index contributed by atoms with van der Waals surface area (Å²) in [4.78, 5) is 9.44. The number of rotatable bonds is 3. The fourth-order valence-corrected chi connectivity index (χ4v) is 0.712. The zero-order chi connectivity index (χ0) is 16.4. The molecule has 20 heavy (non-hydrogen) atoms. The van der Waals surface area contributed by atoms with E-state index >= 15 is 0 Å². The van der Waals surface area contributed by atoms with E-state index in [1.165, 1.54) is 12.1 Å². The molecule has 4 nitrogen and oxygen atoms in total. The second kappa shape index (κ2) is 19.3. The van der Waals surface area contributed by atoms with Crippen LogP contribution in [0.2, 0.25) is 0 Å². The molecule has 1 rings (SSSR count). The Bertz CT molecular complexity index is 358. The van der Waals surface area contributed by atoms with E-state index in [9.17, 15) is 9.18 Å². The molecule has 0 unspecified atom stereocenters. The quantitative estimate of drug-likeness (QED) is 0.590. The number of allylic oxidation sites excluding steroid dienone is 1. The van der Waals surface area contributed by atoms with Crippen LogP contribution in [-0.4, -0.2) is 33.1 Å². The topological polar surface area (TPSA) is 65.0 Å². The molecule has 0 aliphatic rings. The minimum atomic E-state index is -0.208. The van der Waals surface area contributed by atoms with Crippen molar-refractivity contribution >= 4 is 17.7 Å². The van der Waals surface area contributed by atoms with Crippen LogP contribution < -0.4 is 10.6 Å². The molecule has 0 radical (unpaired) electrons. The molecule has 0 atom stereocenters. The van der Waals surface area contributed by atoms with Gasteiger partial charge in [0.15, 0.2) is 6.29 Å². The minimum absolute atomic E-state index is 0.0741. The molecule has 3 N–H and O–H groups in total. The standard InChI is InChI=1S/C7H8FN.C4H5NO.C2H7N.C2H6/c1-9-7-5-3-2-4-6(7)8;1-2-4(5)3-6;1-3-2;1-2/h2-5,9H,1H3;2-3,5H,1H2;3H,1-2H3;1-2H3. The van der Waals surface area contributed by atoms with Crippen molar-refractivity contribution < 1.29 is 9.18 Å². The number of nitrogens with one attached hydrogen (secondary N) is 3. The van der Waals surface area contributed by atoms with Gasteiger partial charge in [-0.25, -0.2) is 4.39 Å². The second-order valence-electron chi connectivity index (χ2n) is 3.01. The Morgan fingerprint density at radius 1 is 1.25 bits per heavy atom. The average molecular weight is 283 g/mol. The van der Waals surface area contributed by atoms with Crippen LogP contribution >= 0.6 is 0 Å². The van der Waals surface area contributed by atoms with Gasteiger partial charge in [0.25, 0.3) is 0 Å². The summed E-state index contributed by atoms with van der Waals surface area (Å²) in [5.74, 6) is -0.208. The van der Waals surface area contributed by atoms with Crippen LogP contribution in [0.1, 0.15) is 13.8 Å². The maximum atomic E-state index is 12.5. The van der Waals surface area contributed by atoms with Crippen molar-refractivity contribution in [2.45, 2.75) is 13.8 Å². The van der Waals surface area contributed by atoms with Crippen molar-refractivity contribution in [2.24, 2.45) is 0 Å². The highest BCUT2D eigenvalue weighted by Crippen LogP contribution is 2.10. The first-order valence-corrected chi connectivity index (χ1v) is 6.24. The van der Waals surface area contributed by atoms with E-state index in [2.05, 4.69) is 17.2 Å². The summed E-state index contributed by atoms with van der Waals surface area (Å²) in [6.45, 7) is 7.18. The largest absolute Gasteiger partial charge is 0.386 e. The molecule has 0 saturated heterocycles. The summed E-state index contributed by atoms with van der Waals surface area (Å²) < 4.78 is 12.5. The second-order valence-corrected chi connectivity index (χ2v) is 3.01. The summed E-state index contributed by atoms with van der Waals surface area (Å²) in [5.41, 5.74) is 0.465. The van der Waals surface area contributed by atoms with Gasteiger partial charge in [0.1, 0.15) is 5.82 Å².